The Hall–Kier alpha value is -0.680. The first-order valence-electron chi connectivity index (χ1n) is 6.27. The van der Waals surface area contributed by atoms with Crippen LogP contribution in [0.5, 0.6) is 0 Å². The van der Waals surface area contributed by atoms with E-state index < -0.39 is 0 Å². The molecule has 1 saturated heterocycles. The number of ether oxygens (including phenoxy) is 1. The van der Waals surface area contributed by atoms with Gasteiger partial charge in [-0.15, -0.1) is 10.2 Å². The smallest absolute Gasteiger partial charge is 0.205 e. The molecule has 2 fully saturated rings. The third-order valence-electron chi connectivity index (χ3n) is 4.14. The summed E-state index contributed by atoms with van der Waals surface area (Å²) in [5, 5.41) is 13.7. The summed E-state index contributed by atoms with van der Waals surface area (Å²) < 4.78 is 5.89. The number of rotatable bonds is 2. The van der Waals surface area contributed by atoms with E-state index in [0.29, 0.717) is 18.1 Å². The van der Waals surface area contributed by atoms with E-state index in [1.165, 1.54) is 12.8 Å². The van der Waals surface area contributed by atoms with Crippen LogP contribution in [0.2, 0.25) is 0 Å². The molecule has 3 unspecified atom stereocenters. The molecule has 0 bridgehead atoms. The van der Waals surface area contributed by atoms with Gasteiger partial charge >= 0.3 is 0 Å². The first-order valence-corrected chi connectivity index (χ1v) is 7.09. The van der Waals surface area contributed by atoms with Crippen molar-refractivity contribution in [1.82, 2.24) is 10.2 Å². The van der Waals surface area contributed by atoms with E-state index >= 15 is 0 Å². The summed E-state index contributed by atoms with van der Waals surface area (Å²) in [6, 6.07) is 0.472. The molecule has 3 rings (SSSR count). The van der Waals surface area contributed by atoms with Crippen molar-refractivity contribution < 1.29 is 4.74 Å². The van der Waals surface area contributed by atoms with Crippen LogP contribution in [0.1, 0.15) is 31.7 Å². The number of aryl methyl sites for hydroxylation is 1. The van der Waals surface area contributed by atoms with Crippen molar-refractivity contribution in [2.45, 2.75) is 45.8 Å². The highest BCUT2D eigenvalue weighted by Gasteiger charge is 2.58. The van der Waals surface area contributed by atoms with Crippen LogP contribution in [0.4, 0.5) is 5.13 Å². The minimum atomic E-state index is 0.199. The Morgan fingerprint density at radius 3 is 2.94 bits per heavy atom. The van der Waals surface area contributed by atoms with Crippen LogP contribution in [0, 0.1) is 18.3 Å². The summed E-state index contributed by atoms with van der Waals surface area (Å²) in [5.41, 5.74) is 0.199. The van der Waals surface area contributed by atoms with Crippen molar-refractivity contribution in [2.24, 2.45) is 11.3 Å². The zero-order chi connectivity index (χ0) is 12.0. The number of hydrogen-bond acceptors (Lipinski definition) is 5. The Kier molecular flexibility index (Phi) is 2.63. The highest BCUT2D eigenvalue weighted by atomic mass is 32.1. The Labute approximate surface area is 106 Å². The normalized spacial score (nSPS) is 34.9. The van der Waals surface area contributed by atoms with E-state index in [1.54, 1.807) is 11.3 Å². The second-order valence-corrected chi connectivity index (χ2v) is 6.85. The maximum absolute atomic E-state index is 5.89. The summed E-state index contributed by atoms with van der Waals surface area (Å²) in [5.74, 6) is 0.642. The zero-order valence-electron chi connectivity index (χ0n) is 10.6. The molecular formula is C12H19N3OS. The predicted molar refractivity (Wildman–Crippen MR) is 68.3 cm³/mol. The largest absolute Gasteiger partial charge is 0.377 e. The number of nitrogens with one attached hydrogen (secondary N) is 1. The molecular weight excluding hydrogens is 234 g/mol. The third kappa shape index (κ3) is 1.76. The molecule has 1 aliphatic heterocycles. The summed E-state index contributed by atoms with van der Waals surface area (Å²) in [6.45, 7) is 7.48. The highest BCUT2D eigenvalue weighted by molar-refractivity contribution is 7.15. The van der Waals surface area contributed by atoms with Crippen LogP contribution in [0.3, 0.4) is 0 Å². The third-order valence-corrected chi connectivity index (χ3v) is 4.91. The SMILES string of the molecule is Cc1nnc(NC2C3CCCOC3C2(C)C)s1. The van der Waals surface area contributed by atoms with E-state index in [-0.39, 0.29) is 5.41 Å². The molecule has 1 aromatic heterocycles. The molecule has 5 heteroatoms. The van der Waals surface area contributed by atoms with E-state index in [2.05, 4.69) is 29.4 Å². The van der Waals surface area contributed by atoms with Gasteiger partial charge in [0.2, 0.25) is 5.13 Å². The van der Waals surface area contributed by atoms with Gasteiger partial charge in [0.1, 0.15) is 5.01 Å². The van der Waals surface area contributed by atoms with Gasteiger partial charge in [-0.1, -0.05) is 25.2 Å². The number of fused-ring (bicyclic) bond motifs is 1. The molecule has 0 spiro atoms. The van der Waals surface area contributed by atoms with Gasteiger partial charge < -0.3 is 10.1 Å². The number of anilines is 1. The molecule has 2 heterocycles. The van der Waals surface area contributed by atoms with Crippen molar-refractivity contribution in [3.63, 3.8) is 0 Å². The fourth-order valence-corrected chi connectivity index (χ4v) is 3.93. The van der Waals surface area contributed by atoms with E-state index in [4.69, 9.17) is 4.74 Å². The van der Waals surface area contributed by atoms with Crippen molar-refractivity contribution in [1.29, 1.82) is 0 Å². The average Bonchev–Trinajstić information content (AvgIpc) is 2.72. The molecule has 3 atom stereocenters. The molecule has 2 aliphatic rings. The van der Waals surface area contributed by atoms with Gasteiger partial charge in [0.25, 0.3) is 0 Å². The van der Waals surface area contributed by atoms with Gasteiger partial charge in [0.15, 0.2) is 0 Å². The van der Waals surface area contributed by atoms with Crippen LogP contribution >= 0.6 is 11.3 Å². The summed E-state index contributed by atoms with van der Waals surface area (Å²) >= 11 is 1.63. The number of hydrogen-bond donors (Lipinski definition) is 1. The van der Waals surface area contributed by atoms with Gasteiger partial charge in [0.05, 0.1) is 6.10 Å². The molecule has 1 N–H and O–H groups in total. The summed E-state index contributed by atoms with van der Waals surface area (Å²) in [7, 11) is 0. The Morgan fingerprint density at radius 2 is 2.24 bits per heavy atom. The summed E-state index contributed by atoms with van der Waals surface area (Å²) in [4.78, 5) is 0. The predicted octanol–water partition coefficient (Wildman–Crippen LogP) is 2.46. The standard InChI is InChI=1S/C12H19N3OS/c1-7-14-15-11(17-7)13-9-8-5-4-6-16-10(8)12(9,2)3/h8-10H,4-6H2,1-3H3,(H,13,15). The lowest BCUT2D eigenvalue weighted by molar-refractivity contribution is -0.177. The van der Waals surface area contributed by atoms with Crippen LogP contribution < -0.4 is 5.32 Å². The zero-order valence-corrected chi connectivity index (χ0v) is 11.4. The van der Waals surface area contributed by atoms with Crippen LogP contribution in [-0.2, 0) is 4.74 Å². The number of aromatic nitrogens is 2. The topological polar surface area (TPSA) is 47.0 Å². The summed E-state index contributed by atoms with van der Waals surface area (Å²) in [6.07, 6.45) is 2.87. The van der Waals surface area contributed by atoms with Crippen LogP contribution in [0.15, 0.2) is 0 Å². The molecule has 94 valence electrons. The average molecular weight is 253 g/mol. The maximum Gasteiger partial charge on any atom is 0.205 e. The van der Waals surface area contributed by atoms with Crippen molar-refractivity contribution >= 4 is 16.5 Å². The fourth-order valence-electron chi connectivity index (χ4n) is 3.30. The first-order chi connectivity index (χ1) is 8.09. The van der Waals surface area contributed by atoms with Gasteiger partial charge in [-0.3, -0.25) is 0 Å². The lowest BCUT2D eigenvalue weighted by Gasteiger charge is -2.59. The van der Waals surface area contributed by atoms with Gasteiger partial charge in [-0.25, -0.2) is 0 Å². The monoisotopic (exact) mass is 253 g/mol. The maximum atomic E-state index is 5.89. The molecule has 0 aromatic carbocycles. The lowest BCUT2D eigenvalue weighted by atomic mass is 9.55. The molecule has 1 saturated carbocycles. The van der Waals surface area contributed by atoms with Crippen LogP contribution in [0.25, 0.3) is 0 Å². The second kappa shape index (κ2) is 3.92. The second-order valence-electron chi connectivity index (χ2n) is 5.67. The molecule has 0 radical (unpaired) electrons. The Balaban J connectivity index is 1.74. The fraction of sp³-hybridized carbons (Fsp3) is 0.833. The lowest BCUT2D eigenvalue weighted by Crippen LogP contribution is -2.67. The van der Waals surface area contributed by atoms with Crippen molar-refractivity contribution in [3.8, 4) is 0 Å². The Morgan fingerprint density at radius 1 is 1.41 bits per heavy atom. The Bertz CT molecular complexity index is 418. The minimum absolute atomic E-state index is 0.199. The van der Waals surface area contributed by atoms with Crippen molar-refractivity contribution in [2.75, 3.05) is 11.9 Å². The quantitative estimate of drug-likeness (QED) is 0.879. The molecule has 4 nitrogen and oxygen atoms in total. The first kappa shape index (κ1) is 11.4. The minimum Gasteiger partial charge on any atom is -0.377 e. The molecule has 17 heavy (non-hydrogen) atoms. The number of nitrogens with zero attached hydrogens (tertiary/aromatic N) is 2. The van der Waals surface area contributed by atoms with Gasteiger partial charge in [-0.2, -0.15) is 0 Å². The molecule has 0 amide bonds. The van der Waals surface area contributed by atoms with E-state index in [9.17, 15) is 0 Å². The van der Waals surface area contributed by atoms with Crippen molar-refractivity contribution in [3.05, 3.63) is 5.01 Å². The molecule has 1 aliphatic carbocycles. The van der Waals surface area contributed by atoms with Crippen LogP contribution in [-0.4, -0.2) is 29.0 Å². The highest BCUT2D eigenvalue weighted by Crippen LogP contribution is 2.52. The van der Waals surface area contributed by atoms with E-state index in [0.717, 1.165) is 16.7 Å². The van der Waals surface area contributed by atoms with Gasteiger partial charge in [-0.05, 0) is 19.8 Å². The molecule has 1 aromatic rings. The van der Waals surface area contributed by atoms with Gasteiger partial charge in [0, 0.05) is 24.0 Å². The van der Waals surface area contributed by atoms with E-state index in [1.807, 2.05) is 6.92 Å².